The van der Waals surface area contributed by atoms with Crippen LogP contribution in [0.3, 0.4) is 0 Å². The molecular weight excluding hydrogens is 354 g/mol. The third-order valence-corrected chi connectivity index (χ3v) is 4.62. The highest BCUT2D eigenvalue weighted by molar-refractivity contribution is 9.10. The Morgan fingerprint density at radius 2 is 2.19 bits per heavy atom. The summed E-state index contributed by atoms with van der Waals surface area (Å²) in [4.78, 5) is 14.3. The van der Waals surface area contributed by atoms with E-state index in [0.717, 1.165) is 36.2 Å². The molecule has 0 radical (unpaired) electrons. The molecule has 1 unspecified atom stereocenters. The van der Waals surface area contributed by atoms with Gasteiger partial charge in [-0.1, -0.05) is 19.1 Å². The van der Waals surface area contributed by atoms with Crippen LogP contribution in [0.15, 0.2) is 28.7 Å². The van der Waals surface area contributed by atoms with E-state index in [2.05, 4.69) is 33.1 Å². The van der Waals surface area contributed by atoms with Crippen LogP contribution in [-0.2, 0) is 4.79 Å². The maximum atomic E-state index is 12.0. The van der Waals surface area contributed by atoms with E-state index >= 15 is 0 Å². The Labute approximate surface area is 141 Å². The Hall–Kier alpha value is -0.620. The van der Waals surface area contributed by atoms with E-state index in [0.29, 0.717) is 13.0 Å². The minimum absolute atomic E-state index is 0. The van der Waals surface area contributed by atoms with Gasteiger partial charge in [-0.3, -0.25) is 4.79 Å². The third-order valence-electron chi connectivity index (χ3n) is 3.93. The summed E-state index contributed by atoms with van der Waals surface area (Å²) in [5, 5.41) is 2.93. The number of nitrogens with one attached hydrogen (secondary N) is 1. The molecule has 0 spiro atoms. The summed E-state index contributed by atoms with van der Waals surface area (Å²) in [7, 11) is 0. The van der Waals surface area contributed by atoms with Gasteiger partial charge in [0.25, 0.3) is 0 Å². The lowest BCUT2D eigenvalue weighted by Gasteiger charge is -2.22. The lowest BCUT2D eigenvalue weighted by atomic mass is 9.90. The molecule has 1 amide bonds. The normalized spacial score (nSPS) is 21.9. The molecule has 118 valence electrons. The molecular formula is C15H23BrClN3O. The van der Waals surface area contributed by atoms with E-state index in [1.165, 1.54) is 0 Å². The van der Waals surface area contributed by atoms with Crippen molar-refractivity contribution in [2.24, 2.45) is 11.1 Å². The smallest absolute Gasteiger partial charge is 0.225 e. The fraction of sp³-hybridized carbons (Fsp3) is 0.533. The van der Waals surface area contributed by atoms with Gasteiger partial charge >= 0.3 is 0 Å². The second kappa shape index (κ2) is 8.13. The number of amides is 1. The van der Waals surface area contributed by atoms with Crippen LogP contribution in [0.1, 0.15) is 19.8 Å². The predicted octanol–water partition coefficient (Wildman–Crippen LogP) is 2.87. The maximum Gasteiger partial charge on any atom is 0.225 e. The Bertz CT molecular complexity index is 486. The van der Waals surface area contributed by atoms with Crippen LogP contribution in [0.5, 0.6) is 0 Å². The number of likely N-dealkylation sites (tertiary alicyclic amines) is 1. The van der Waals surface area contributed by atoms with Gasteiger partial charge < -0.3 is 16.0 Å². The number of rotatable bonds is 5. The fourth-order valence-electron chi connectivity index (χ4n) is 2.52. The highest BCUT2D eigenvalue weighted by Gasteiger charge is 2.32. The number of hydrogen-bond donors (Lipinski definition) is 2. The summed E-state index contributed by atoms with van der Waals surface area (Å²) in [6.45, 7) is 5.76. The van der Waals surface area contributed by atoms with E-state index in [-0.39, 0.29) is 23.7 Å². The molecule has 2 rings (SSSR count). The summed E-state index contributed by atoms with van der Waals surface area (Å²) in [5.74, 6) is 0.0539. The molecule has 1 fully saturated rings. The van der Waals surface area contributed by atoms with Crippen LogP contribution >= 0.6 is 28.3 Å². The quantitative estimate of drug-likeness (QED) is 0.831. The number of halogens is 2. The van der Waals surface area contributed by atoms with Gasteiger partial charge in [-0.15, -0.1) is 12.4 Å². The molecule has 1 aliphatic rings. The maximum absolute atomic E-state index is 12.0. The lowest BCUT2D eigenvalue weighted by molar-refractivity contribution is -0.116. The van der Waals surface area contributed by atoms with Gasteiger partial charge in [0.1, 0.15) is 0 Å². The second-order valence-corrected chi connectivity index (χ2v) is 6.67. The molecule has 1 aliphatic heterocycles. The van der Waals surface area contributed by atoms with Crippen LogP contribution in [0, 0.1) is 5.41 Å². The van der Waals surface area contributed by atoms with Gasteiger partial charge in [0.05, 0.1) is 5.69 Å². The zero-order chi connectivity index (χ0) is 14.6. The first-order valence-electron chi connectivity index (χ1n) is 6.99. The van der Waals surface area contributed by atoms with Gasteiger partial charge in [-0.05, 0) is 53.0 Å². The van der Waals surface area contributed by atoms with Gasteiger partial charge in [0, 0.05) is 24.0 Å². The van der Waals surface area contributed by atoms with Crippen LogP contribution in [0.4, 0.5) is 5.69 Å². The number of para-hydroxylation sites is 1. The SMILES string of the molecule is CC1(CN)CCN(CCC(=O)Nc2ccccc2Br)C1.Cl. The summed E-state index contributed by atoms with van der Waals surface area (Å²) in [5.41, 5.74) is 6.84. The first-order chi connectivity index (χ1) is 9.52. The van der Waals surface area contributed by atoms with E-state index in [1.807, 2.05) is 24.3 Å². The van der Waals surface area contributed by atoms with Crippen molar-refractivity contribution in [1.82, 2.24) is 4.90 Å². The Kier molecular flexibility index (Phi) is 7.13. The van der Waals surface area contributed by atoms with Crippen molar-refractivity contribution in [1.29, 1.82) is 0 Å². The second-order valence-electron chi connectivity index (χ2n) is 5.82. The minimum atomic E-state index is 0. The molecule has 1 saturated heterocycles. The summed E-state index contributed by atoms with van der Waals surface area (Å²) < 4.78 is 0.908. The molecule has 21 heavy (non-hydrogen) atoms. The number of nitrogens with zero attached hydrogens (tertiary/aromatic N) is 1. The number of benzene rings is 1. The van der Waals surface area contributed by atoms with E-state index in [9.17, 15) is 4.79 Å². The Balaban J connectivity index is 0.00000220. The van der Waals surface area contributed by atoms with E-state index in [4.69, 9.17) is 5.73 Å². The number of carbonyl (C=O) groups is 1. The largest absolute Gasteiger partial charge is 0.330 e. The summed E-state index contributed by atoms with van der Waals surface area (Å²) in [6, 6.07) is 7.65. The first kappa shape index (κ1) is 18.4. The molecule has 0 aliphatic carbocycles. The van der Waals surface area contributed by atoms with Gasteiger partial charge in [-0.2, -0.15) is 0 Å². The molecule has 0 saturated carbocycles. The van der Waals surface area contributed by atoms with Crippen LogP contribution in [0.2, 0.25) is 0 Å². The van der Waals surface area contributed by atoms with Crippen LogP contribution in [0.25, 0.3) is 0 Å². The molecule has 6 heteroatoms. The molecule has 3 N–H and O–H groups in total. The van der Waals surface area contributed by atoms with Crippen molar-refractivity contribution in [2.75, 3.05) is 31.5 Å². The zero-order valence-electron chi connectivity index (χ0n) is 12.3. The minimum Gasteiger partial charge on any atom is -0.330 e. The molecule has 0 bridgehead atoms. The van der Waals surface area contributed by atoms with Gasteiger partial charge in [0.2, 0.25) is 5.91 Å². The average molecular weight is 377 g/mol. The lowest BCUT2D eigenvalue weighted by Crippen LogP contribution is -2.32. The average Bonchev–Trinajstić information content (AvgIpc) is 2.82. The van der Waals surface area contributed by atoms with Crippen LogP contribution in [-0.4, -0.2) is 37.0 Å². The van der Waals surface area contributed by atoms with Gasteiger partial charge in [0.15, 0.2) is 0 Å². The monoisotopic (exact) mass is 375 g/mol. The highest BCUT2D eigenvalue weighted by Crippen LogP contribution is 2.28. The first-order valence-corrected chi connectivity index (χ1v) is 7.78. The summed E-state index contributed by atoms with van der Waals surface area (Å²) in [6.07, 6.45) is 1.64. The fourth-order valence-corrected chi connectivity index (χ4v) is 2.90. The summed E-state index contributed by atoms with van der Waals surface area (Å²) >= 11 is 3.43. The number of anilines is 1. The highest BCUT2D eigenvalue weighted by atomic mass is 79.9. The van der Waals surface area contributed by atoms with Gasteiger partial charge in [-0.25, -0.2) is 0 Å². The molecule has 1 heterocycles. The standard InChI is InChI=1S/C15H22BrN3O.ClH/c1-15(10-17)7-9-19(11-15)8-6-14(20)18-13-5-3-2-4-12(13)16;/h2-5H,6-11,17H2,1H3,(H,18,20);1H. The third kappa shape index (κ3) is 5.25. The molecule has 1 atom stereocenters. The Morgan fingerprint density at radius 1 is 1.48 bits per heavy atom. The molecule has 1 aromatic rings. The van der Waals surface area contributed by atoms with Crippen molar-refractivity contribution in [3.8, 4) is 0 Å². The Morgan fingerprint density at radius 3 is 2.81 bits per heavy atom. The number of carbonyl (C=O) groups excluding carboxylic acids is 1. The topological polar surface area (TPSA) is 58.4 Å². The van der Waals surface area contributed by atoms with E-state index < -0.39 is 0 Å². The molecule has 0 aromatic heterocycles. The number of nitrogens with two attached hydrogens (primary N) is 1. The zero-order valence-corrected chi connectivity index (χ0v) is 14.7. The molecule has 4 nitrogen and oxygen atoms in total. The number of hydrogen-bond acceptors (Lipinski definition) is 3. The molecule has 1 aromatic carbocycles. The van der Waals surface area contributed by atoms with Crippen molar-refractivity contribution < 1.29 is 4.79 Å². The van der Waals surface area contributed by atoms with Crippen LogP contribution < -0.4 is 11.1 Å². The predicted molar refractivity (Wildman–Crippen MR) is 92.9 cm³/mol. The van der Waals surface area contributed by atoms with E-state index in [1.54, 1.807) is 0 Å². The van der Waals surface area contributed by atoms with Crippen molar-refractivity contribution in [3.05, 3.63) is 28.7 Å². The van der Waals surface area contributed by atoms with Crippen molar-refractivity contribution >= 4 is 39.9 Å². The van der Waals surface area contributed by atoms with Crippen molar-refractivity contribution in [3.63, 3.8) is 0 Å². The van der Waals surface area contributed by atoms with Crippen molar-refractivity contribution in [2.45, 2.75) is 19.8 Å².